The second-order valence-corrected chi connectivity index (χ2v) is 7.30. The Morgan fingerprint density at radius 2 is 2.04 bits per heavy atom. The van der Waals surface area contributed by atoms with E-state index in [0.29, 0.717) is 6.04 Å². The molecule has 5 heteroatoms. The number of hydrogen-bond acceptors (Lipinski definition) is 3. The van der Waals surface area contributed by atoms with Gasteiger partial charge in [0, 0.05) is 44.8 Å². The highest BCUT2D eigenvalue weighted by atomic mass is 16.2. The summed E-state index contributed by atoms with van der Waals surface area (Å²) in [4.78, 5) is 23.8. The molecule has 3 heterocycles. The maximum Gasteiger partial charge on any atom is 0.324 e. The van der Waals surface area contributed by atoms with Crippen molar-refractivity contribution >= 4 is 11.7 Å². The lowest BCUT2D eigenvalue weighted by Gasteiger charge is -2.39. The van der Waals surface area contributed by atoms with Gasteiger partial charge in [-0.15, -0.1) is 0 Å². The van der Waals surface area contributed by atoms with Crippen molar-refractivity contribution in [2.24, 2.45) is 0 Å². The molecule has 136 valence electrons. The van der Waals surface area contributed by atoms with E-state index in [1.54, 1.807) is 0 Å². The molecular formula is C21H26N4O. The molecule has 2 aliphatic heterocycles. The SMILES string of the molecule is CN(Cc1ccccc1)C1CCCN(C(=O)N2CCc3ncccc32)C1. The van der Waals surface area contributed by atoms with Gasteiger partial charge in [-0.3, -0.25) is 14.8 Å². The van der Waals surface area contributed by atoms with Crippen molar-refractivity contribution in [3.63, 3.8) is 0 Å². The van der Waals surface area contributed by atoms with Gasteiger partial charge in [-0.2, -0.15) is 0 Å². The molecule has 5 nitrogen and oxygen atoms in total. The number of likely N-dealkylation sites (N-methyl/N-ethyl adjacent to an activating group) is 1. The van der Waals surface area contributed by atoms with Gasteiger partial charge in [0.25, 0.3) is 0 Å². The number of amides is 2. The molecule has 0 N–H and O–H groups in total. The zero-order valence-electron chi connectivity index (χ0n) is 15.3. The summed E-state index contributed by atoms with van der Waals surface area (Å²) in [7, 11) is 2.17. The largest absolute Gasteiger partial charge is 0.324 e. The molecular weight excluding hydrogens is 324 g/mol. The van der Waals surface area contributed by atoms with Crippen molar-refractivity contribution in [2.75, 3.05) is 31.6 Å². The first-order valence-electron chi connectivity index (χ1n) is 9.47. The van der Waals surface area contributed by atoms with Gasteiger partial charge in [0.1, 0.15) is 0 Å². The third-order valence-corrected chi connectivity index (χ3v) is 5.53. The predicted molar refractivity (Wildman–Crippen MR) is 103 cm³/mol. The third kappa shape index (κ3) is 3.44. The number of fused-ring (bicyclic) bond motifs is 1. The van der Waals surface area contributed by atoms with Crippen LogP contribution in [0.1, 0.15) is 24.1 Å². The summed E-state index contributed by atoms with van der Waals surface area (Å²) in [5.41, 5.74) is 3.34. The van der Waals surface area contributed by atoms with E-state index in [0.717, 1.165) is 56.8 Å². The highest BCUT2D eigenvalue weighted by Gasteiger charge is 2.32. The summed E-state index contributed by atoms with van der Waals surface area (Å²) in [5.74, 6) is 0. The lowest BCUT2D eigenvalue weighted by Crippen LogP contribution is -2.52. The molecule has 1 fully saturated rings. The van der Waals surface area contributed by atoms with Crippen molar-refractivity contribution in [3.05, 3.63) is 59.9 Å². The highest BCUT2D eigenvalue weighted by Crippen LogP contribution is 2.28. The van der Waals surface area contributed by atoms with E-state index >= 15 is 0 Å². The van der Waals surface area contributed by atoms with Crippen LogP contribution in [0, 0.1) is 0 Å². The topological polar surface area (TPSA) is 39.7 Å². The number of aromatic nitrogens is 1. The van der Waals surface area contributed by atoms with Crippen LogP contribution in [0.4, 0.5) is 10.5 Å². The highest BCUT2D eigenvalue weighted by molar-refractivity contribution is 5.93. The van der Waals surface area contributed by atoms with E-state index in [4.69, 9.17) is 0 Å². The lowest BCUT2D eigenvalue weighted by atomic mass is 10.0. The molecule has 2 amide bonds. The Bertz CT molecular complexity index is 764. The zero-order valence-corrected chi connectivity index (χ0v) is 15.3. The molecule has 1 aromatic carbocycles. The number of carbonyl (C=O) groups is 1. The Kier molecular flexibility index (Phi) is 4.89. The Hall–Kier alpha value is -2.40. The van der Waals surface area contributed by atoms with Crippen LogP contribution < -0.4 is 4.90 Å². The molecule has 26 heavy (non-hydrogen) atoms. The van der Waals surface area contributed by atoms with Gasteiger partial charge < -0.3 is 4.90 Å². The van der Waals surface area contributed by atoms with E-state index in [2.05, 4.69) is 41.2 Å². The summed E-state index contributed by atoms with van der Waals surface area (Å²) in [6, 6.07) is 15.0. The van der Waals surface area contributed by atoms with E-state index in [-0.39, 0.29) is 6.03 Å². The van der Waals surface area contributed by atoms with Crippen molar-refractivity contribution in [2.45, 2.75) is 31.8 Å². The summed E-state index contributed by atoms with van der Waals surface area (Å²) < 4.78 is 0. The minimum atomic E-state index is 0.134. The summed E-state index contributed by atoms with van der Waals surface area (Å²) in [6.45, 7) is 3.31. The van der Waals surface area contributed by atoms with Crippen molar-refractivity contribution in [1.82, 2.24) is 14.8 Å². The maximum atomic E-state index is 13.1. The molecule has 1 aromatic heterocycles. The molecule has 2 aromatic rings. The Balaban J connectivity index is 1.41. The summed E-state index contributed by atoms with van der Waals surface area (Å²) in [5, 5.41) is 0. The van der Waals surface area contributed by atoms with Gasteiger partial charge in [0.2, 0.25) is 0 Å². The van der Waals surface area contributed by atoms with Crippen molar-refractivity contribution in [1.29, 1.82) is 0 Å². The fraction of sp³-hybridized carbons (Fsp3) is 0.429. The van der Waals surface area contributed by atoms with Crippen LogP contribution in [0.25, 0.3) is 0 Å². The molecule has 1 saturated heterocycles. The first kappa shape index (κ1) is 17.0. The number of rotatable bonds is 3. The Labute approximate surface area is 155 Å². The van der Waals surface area contributed by atoms with Crippen LogP contribution in [0.3, 0.4) is 0 Å². The molecule has 0 bridgehead atoms. The molecule has 4 rings (SSSR count). The molecule has 0 saturated carbocycles. The first-order chi connectivity index (χ1) is 12.7. The van der Waals surface area contributed by atoms with Gasteiger partial charge in [-0.1, -0.05) is 30.3 Å². The minimum absolute atomic E-state index is 0.134. The first-order valence-corrected chi connectivity index (χ1v) is 9.47. The van der Waals surface area contributed by atoms with Crippen molar-refractivity contribution in [3.8, 4) is 0 Å². The van der Waals surface area contributed by atoms with Crippen molar-refractivity contribution < 1.29 is 4.79 Å². The number of carbonyl (C=O) groups excluding carboxylic acids is 1. The second kappa shape index (κ2) is 7.46. The van der Waals surface area contributed by atoms with Gasteiger partial charge in [0.05, 0.1) is 11.4 Å². The molecule has 1 atom stereocenters. The fourth-order valence-electron chi connectivity index (χ4n) is 4.06. The second-order valence-electron chi connectivity index (χ2n) is 7.30. The number of pyridine rings is 1. The number of piperidine rings is 1. The van der Waals surface area contributed by atoms with Crippen LogP contribution in [0.5, 0.6) is 0 Å². The Morgan fingerprint density at radius 3 is 2.88 bits per heavy atom. The van der Waals surface area contributed by atoms with Crippen LogP contribution in [0.2, 0.25) is 0 Å². The standard InChI is InChI=1S/C21H26N4O/c1-23(15-17-7-3-2-4-8-17)18-9-6-13-24(16-18)21(26)25-14-11-19-20(25)10-5-12-22-19/h2-5,7-8,10,12,18H,6,9,11,13-16H2,1H3. The maximum absolute atomic E-state index is 13.1. The van der Waals surface area contributed by atoms with Gasteiger partial charge >= 0.3 is 6.03 Å². The van der Waals surface area contributed by atoms with Gasteiger partial charge in [-0.05, 0) is 37.6 Å². The van der Waals surface area contributed by atoms with Gasteiger partial charge in [0.15, 0.2) is 0 Å². The molecule has 2 aliphatic rings. The number of anilines is 1. The predicted octanol–water partition coefficient (Wildman–Crippen LogP) is 3.16. The minimum Gasteiger partial charge on any atom is -0.323 e. The summed E-state index contributed by atoms with van der Waals surface area (Å²) >= 11 is 0. The number of likely N-dealkylation sites (tertiary alicyclic amines) is 1. The van der Waals surface area contributed by atoms with Gasteiger partial charge in [-0.25, -0.2) is 4.79 Å². The number of nitrogens with zero attached hydrogens (tertiary/aromatic N) is 4. The normalized spacial score (nSPS) is 19.7. The molecule has 0 spiro atoms. The van der Waals surface area contributed by atoms with E-state index in [9.17, 15) is 4.79 Å². The van der Waals surface area contributed by atoms with Crippen LogP contribution in [-0.2, 0) is 13.0 Å². The Morgan fingerprint density at radius 1 is 1.19 bits per heavy atom. The zero-order chi connectivity index (χ0) is 17.9. The van der Waals surface area contributed by atoms with Crippen LogP contribution in [0.15, 0.2) is 48.7 Å². The van der Waals surface area contributed by atoms with E-state index in [1.807, 2.05) is 34.2 Å². The average Bonchev–Trinajstić information content (AvgIpc) is 3.12. The van der Waals surface area contributed by atoms with E-state index in [1.165, 1.54) is 5.56 Å². The molecule has 0 radical (unpaired) electrons. The molecule has 1 unspecified atom stereocenters. The van der Waals surface area contributed by atoms with Crippen LogP contribution >= 0.6 is 0 Å². The number of benzene rings is 1. The van der Waals surface area contributed by atoms with Crippen LogP contribution in [-0.4, -0.2) is 53.5 Å². The quantitative estimate of drug-likeness (QED) is 0.854. The lowest BCUT2D eigenvalue weighted by molar-refractivity contribution is 0.125. The fourth-order valence-corrected chi connectivity index (χ4v) is 4.06. The average molecular weight is 350 g/mol. The summed E-state index contributed by atoms with van der Waals surface area (Å²) in [6.07, 6.45) is 4.86. The third-order valence-electron chi connectivity index (χ3n) is 5.53. The number of urea groups is 1. The smallest absolute Gasteiger partial charge is 0.323 e. The van der Waals surface area contributed by atoms with E-state index < -0.39 is 0 Å². The molecule has 0 aliphatic carbocycles. The number of hydrogen-bond donors (Lipinski definition) is 0. The monoisotopic (exact) mass is 350 g/mol.